The first-order valence-electron chi connectivity index (χ1n) is 3.73. The van der Waals surface area contributed by atoms with E-state index in [1.54, 1.807) is 0 Å². The Morgan fingerprint density at radius 1 is 1.00 bits per heavy atom. The van der Waals surface area contributed by atoms with Gasteiger partial charge in [-0.1, -0.05) is 27.7 Å². The molecule has 2 radical (unpaired) electrons. The summed E-state index contributed by atoms with van der Waals surface area (Å²) in [6.45, 7) is 9.12. The van der Waals surface area contributed by atoms with Crippen molar-refractivity contribution in [3.8, 4) is 0 Å². The first kappa shape index (κ1) is 7.11. The molecule has 2 unspecified atom stereocenters. The topological polar surface area (TPSA) is 0 Å². The normalized spacial score (nSPS) is 41.3. The fourth-order valence-corrected chi connectivity index (χ4v) is 1.71. The molecule has 1 aliphatic carbocycles. The third-order valence-electron chi connectivity index (χ3n) is 2.21. The zero-order chi connectivity index (χ0) is 7.07. The monoisotopic (exact) mass is 124 g/mol. The Kier molecular flexibility index (Phi) is 1.58. The maximum atomic E-state index is 2.43. The molecule has 0 aromatic rings. The Morgan fingerprint density at radius 3 is 1.44 bits per heavy atom. The van der Waals surface area contributed by atoms with Crippen LogP contribution in [-0.2, 0) is 0 Å². The van der Waals surface area contributed by atoms with Gasteiger partial charge >= 0.3 is 0 Å². The Bertz CT molecular complexity index is 90.6. The van der Waals surface area contributed by atoms with Crippen LogP contribution in [0.1, 0.15) is 27.7 Å². The number of hydrogen-bond acceptors (Lipinski definition) is 0. The van der Waals surface area contributed by atoms with Crippen LogP contribution in [0.3, 0.4) is 0 Å². The van der Waals surface area contributed by atoms with Gasteiger partial charge in [-0.3, -0.25) is 0 Å². The first-order valence-corrected chi connectivity index (χ1v) is 3.73. The molecule has 0 aliphatic heterocycles. The van der Waals surface area contributed by atoms with Gasteiger partial charge in [0.25, 0.3) is 0 Å². The molecular weight excluding hydrogens is 108 g/mol. The van der Waals surface area contributed by atoms with Crippen molar-refractivity contribution in [3.63, 3.8) is 0 Å². The van der Waals surface area contributed by atoms with Crippen molar-refractivity contribution in [1.82, 2.24) is 0 Å². The minimum Gasteiger partial charge on any atom is -0.0619 e. The summed E-state index contributed by atoms with van der Waals surface area (Å²) in [7, 11) is 0. The molecule has 0 saturated heterocycles. The second-order valence-corrected chi connectivity index (χ2v) is 3.87. The van der Waals surface area contributed by atoms with Crippen molar-refractivity contribution in [1.29, 1.82) is 0 Å². The maximum Gasteiger partial charge on any atom is -0.0286 e. The molecule has 0 aromatic carbocycles. The summed E-state index contributed by atoms with van der Waals surface area (Å²) in [5, 5.41) is 0. The SMILES string of the molecule is CC1[CH]C(C)(C)[CH]C1C. The summed E-state index contributed by atoms with van der Waals surface area (Å²) >= 11 is 0. The van der Waals surface area contributed by atoms with Gasteiger partial charge in [-0.05, 0) is 30.1 Å². The van der Waals surface area contributed by atoms with Gasteiger partial charge < -0.3 is 0 Å². The van der Waals surface area contributed by atoms with E-state index in [1.807, 2.05) is 0 Å². The van der Waals surface area contributed by atoms with E-state index in [-0.39, 0.29) is 0 Å². The van der Waals surface area contributed by atoms with E-state index in [2.05, 4.69) is 40.5 Å². The lowest BCUT2D eigenvalue weighted by Gasteiger charge is -2.14. The van der Waals surface area contributed by atoms with Crippen LogP contribution in [0.2, 0.25) is 0 Å². The lowest BCUT2D eigenvalue weighted by atomic mass is 9.91. The van der Waals surface area contributed by atoms with Gasteiger partial charge in [-0.15, -0.1) is 0 Å². The molecule has 1 aliphatic rings. The largest absolute Gasteiger partial charge is 0.0619 e. The van der Waals surface area contributed by atoms with Gasteiger partial charge in [0, 0.05) is 0 Å². The molecule has 0 heterocycles. The molecule has 0 spiro atoms. The highest BCUT2D eigenvalue weighted by Crippen LogP contribution is 2.42. The van der Waals surface area contributed by atoms with Gasteiger partial charge in [0.2, 0.25) is 0 Å². The van der Waals surface area contributed by atoms with Gasteiger partial charge in [-0.25, -0.2) is 0 Å². The maximum absolute atomic E-state index is 2.43. The van der Waals surface area contributed by atoms with Crippen LogP contribution < -0.4 is 0 Å². The van der Waals surface area contributed by atoms with E-state index >= 15 is 0 Å². The second kappa shape index (κ2) is 2.00. The van der Waals surface area contributed by atoms with E-state index in [0.29, 0.717) is 5.41 Å². The third kappa shape index (κ3) is 1.47. The zero-order valence-electron chi connectivity index (χ0n) is 6.81. The van der Waals surface area contributed by atoms with E-state index in [9.17, 15) is 0 Å². The highest BCUT2D eigenvalue weighted by atomic mass is 14.4. The summed E-state index contributed by atoms with van der Waals surface area (Å²) in [5.74, 6) is 1.56. The average Bonchev–Trinajstić information content (AvgIpc) is 1.79. The predicted molar refractivity (Wildman–Crippen MR) is 40.7 cm³/mol. The molecule has 1 rings (SSSR count). The molecule has 0 heteroatoms. The summed E-state index contributed by atoms with van der Waals surface area (Å²) in [6, 6.07) is 0. The van der Waals surface area contributed by atoms with Crippen LogP contribution in [0.5, 0.6) is 0 Å². The van der Waals surface area contributed by atoms with Crippen molar-refractivity contribution in [2.45, 2.75) is 27.7 Å². The van der Waals surface area contributed by atoms with Crippen LogP contribution in [0, 0.1) is 30.1 Å². The minimum absolute atomic E-state index is 0.388. The second-order valence-electron chi connectivity index (χ2n) is 3.87. The molecular formula is C9H16. The molecule has 0 nitrogen and oxygen atoms in total. The molecule has 0 aromatic heterocycles. The van der Waals surface area contributed by atoms with Crippen LogP contribution >= 0.6 is 0 Å². The van der Waals surface area contributed by atoms with Crippen LogP contribution in [0.25, 0.3) is 0 Å². The Hall–Kier alpha value is 0. The zero-order valence-corrected chi connectivity index (χ0v) is 6.81. The lowest BCUT2D eigenvalue weighted by molar-refractivity contribution is 0.540. The highest BCUT2D eigenvalue weighted by Gasteiger charge is 2.34. The summed E-state index contributed by atoms with van der Waals surface area (Å²) in [6.07, 6.45) is 4.86. The minimum atomic E-state index is 0.388. The Balaban J connectivity index is 2.54. The van der Waals surface area contributed by atoms with E-state index in [1.165, 1.54) is 0 Å². The van der Waals surface area contributed by atoms with E-state index in [4.69, 9.17) is 0 Å². The van der Waals surface area contributed by atoms with Gasteiger partial charge in [-0.2, -0.15) is 0 Å². The molecule has 1 saturated carbocycles. The van der Waals surface area contributed by atoms with Gasteiger partial charge in [0.15, 0.2) is 0 Å². The van der Waals surface area contributed by atoms with Crippen LogP contribution in [-0.4, -0.2) is 0 Å². The van der Waals surface area contributed by atoms with Crippen molar-refractivity contribution >= 4 is 0 Å². The van der Waals surface area contributed by atoms with E-state index in [0.717, 1.165) is 11.8 Å². The Labute approximate surface area is 58.7 Å². The standard InChI is InChI=1S/C9H16/c1-7-5-9(3,4)6-8(7)2/h5-8H,1-4H3. The number of rotatable bonds is 0. The molecule has 9 heavy (non-hydrogen) atoms. The fraction of sp³-hybridized carbons (Fsp3) is 0.778. The van der Waals surface area contributed by atoms with Crippen molar-refractivity contribution in [3.05, 3.63) is 12.8 Å². The Morgan fingerprint density at radius 2 is 1.33 bits per heavy atom. The summed E-state index contributed by atoms with van der Waals surface area (Å²) in [5.41, 5.74) is 0.388. The lowest BCUT2D eigenvalue weighted by Crippen LogP contribution is -2.05. The van der Waals surface area contributed by atoms with Gasteiger partial charge in [0.05, 0.1) is 0 Å². The average molecular weight is 124 g/mol. The summed E-state index contributed by atoms with van der Waals surface area (Å²) in [4.78, 5) is 0. The molecule has 0 bridgehead atoms. The quantitative estimate of drug-likeness (QED) is 0.466. The summed E-state index contributed by atoms with van der Waals surface area (Å²) < 4.78 is 0. The predicted octanol–water partition coefficient (Wildman–Crippen LogP) is 2.71. The smallest absolute Gasteiger partial charge is 0.0286 e. The molecule has 0 N–H and O–H groups in total. The van der Waals surface area contributed by atoms with Crippen molar-refractivity contribution in [2.24, 2.45) is 17.3 Å². The molecule has 0 amide bonds. The van der Waals surface area contributed by atoms with Gasteiger partial charge in [0.1, 0.15) is 0 Å². The molecule has 52 valence electrons. The fourth-order valence-electron chi connectivity index (χ4n) is 1.71. The van der Waals surface area contributed by atoms with Crippen LogP contribution in [0.15, 0.2) is 0 Å². The first-order chi connectivity index (χ1) is 4.01. The molecule has 1 fully saturated rings. The van der Waals surface area contributed by atoms with Crippen molar-refractivity contribution in [2.75, 3.05) is 0 Å². The third-order valence-corrected chi connectivity index (χ3v) is 2.21. The molecule has 2 atom stereocenters. The van der Waals surface area contributed by atoms with E-state index < -0.39 is 0 Å². The number of hydrogen-bond donors (Lipinski definition) is 0. The highest BCUT2D eigenvalue weighted by molar-refractivity contribution is 5.09. The van der Waals surface area contributed by atoms with Crippen molar-refractivity contribution < 1.29 is 0 Å². The van der Waals surface area contributed by atoms with Crippen LogP contribution in [0.4, 0.5) is 0 Å².